The van der Waals surface area contributed by atoms with Crippen LogP contribution in [0.5, 0.6) is 0 Å². The van der Waals surface area contributed by atoms with Crippen molar-refractivity contribution in [1.29, 1.82) is 0 Å². The van der Waals surface area contributed by atoms with Gasteiger partial charge in [0.05, 0.1) is 12.1 Å². The van der Waals surface area contributed by atoms with E-state index in [0.29, 0.717) is 0 Å². The van der Waals surface area contributed by atoms with E-state index in [0.717, 1.165) is 25.7 Å². The molecule has 0 bridgehead atoms. The molecule has 0 aromatic heterocycles. The lowest BCUT2D eigenvalue weighted by molar-refractivity contribution is 0.0452. The van der Waals surface area contributed by atoms with E-state index < -0.39 is 6.67 Å². The molecule has 0 saturated heterocycles. The summed E-state index contributed by atoms with van der Waals surface area (Å²) in [4.78, 5) is 11.3. The molecule has 0 radical (unpaired) electrons. The lowest BCUT2D eigenvalue weighted by Crippen LogP contribution is -2.49. The summed E-state index contributed by atoms with van der Waals surface area (Å²) < 4.78 is 17.1. The predicted octanol–water partition coefficient (Wildman–Crippen LogP) is 1.21. The van der Waals surface area contributed by atoms with Gasteiger partial charge in [0.2, 0.25) is 0 Å². The number of halogens is 1. The number of carbonyl (C=O) groups excluding carboxylic acids is 1. The second kappa shape index (κ2) is 6.61. The summed E-state index contributed by atoms with van der Waals surface area (Å²) in [5, 5.41) is 5.26. The van der Waals surface area contributed by atoms with Crippen molar-refractivity contribution in [1.82, 2.24) is 10.6 Å². The number of alkyl halides is 1. The Morgan fingerprint density at radius 3 is 2.87 bits per heavy atom. The van der Waals surface area contributed by atoms with Crippen LogP contribution >= 0.6 is 0 Å². The average Bonchev–Trinajstić information content (AvgIpc) is 2.27. The summed E-state index contributed by atoms with van der Waals surface area (Å²) in [7, 11) is 1.66. The van der Waals surface area contributed by atoms with E-state index in [4.69, 9.17) is 4.74 Å². The summed E-state index contributed by atoms with van der Waals surface area (Å²) in [5.74, 6) is 0. The van der Waals surface area contributed by atoms with Gasteiger partial charge in [-0.15, -0.1) is 0 Å². The quantitative estimate of drug-likeness (QED) is 0.745. The Labute approximate surface area is 89.6 Å². The Balaban J connectivity index is 2.30. The number of hydrogen-bond donors (Lipinski definition) is 2. The van der Waals surface area contributed by atoms with Crippen LogP contribution in [0, 0.1) is 0 Å². The fourth-order valence-corrected chi connectivity index (χ4v) is 1.92. The number of methoxy groups -OCH3 is 1. The fraction of sp³-hybridized carbons (Fsp3) is 0.900. The average molecular weight is 218 g/mol. The van der Waals surface area contributed by atoms with Gasteiger partial charge in [-0.25, -0.2) is 9.18 Å². The van der Waals surface area contributed by atoms with Gasteiger partial charge in [0, 0.05) is 13.7 Å². The molecular formula is C10H19FN2O2. The number of urea groups is 1. The minimum Gasteiger partial charge on any atom is -0.379 e. The molecule has 2 unspecified atom stereocenters. The highest BCUT2D eigenvalue weighted by Gasteiger charge is 2.25. The topological polar surface area (TPSA) is 50.4 Å². The first-order chi connectivity index (χ1) is 7.27. The second-order valence-corrected chi connectivity index (χ2v) is 3.75. The molecule has 2 amide bonds. The number of hydrogen-bond acceptors (Lipinski definition) is 2. The van der Waals surface area contributed by atoms with Crippen LogP contribution in [0.1, 0.15) is 25.7 Å². The summed E-state index contributed by atoms with van der Waals surface area (Å²) >= 11 is 0. The van der Waals surface area contributed by atoms with Crippen molar-refractivity contribution in [2.24, 2.45) is 0 Å². The molecule has 0 aromatic carbocycles. The van der Waals surface area contributed by atoms with Crippen LogP contribution in [-0.2, 0) is 4.74 Å². The lowest BCUT2D eigenvalue weighted by Gasteiger charge is -2.30. The van der Waals surface area contributed by atoms with Crippen molar-refractivity contribution in [3.8, 4) is 0 Å². The molecule has 0 aromatic rings. The molecule has 2 N–H and O–H groups in total. The van der Waals surface area contributed by atoms with Crippen LogP contribution in [0.15, 0.2) is 0 Å². The van der Waals surface area contributed by atoms with Crippen molar-refractivity contribution in [3.63, 3.8) is 0 Å². The molecule has 1 fully saturated rings. The van der Waals surface area contributed by atoms with Crippen molar-refractivity contribution in [2.75, 3.05) is 20.3 Å². The maximum absolute atomic E-state index is 11.8. The Bertz CT molecular complexity index is 202. The molecule has 5 heteroatoms. The molecule has 0 heterocycles. The van der Waals surface area contributed by atoms with Gasteiger partial charge in [-0.3, -0.25) is 0 Å². The zero-order valence-corrected chi connectivity index (χ0v) is 9.09. The van der Waals surface area contributed by atoms with Crippen molar-refractivity contribution in [2.45, 2.75) is 37.8 Å². The largest absolute Gasteiger partial charge is 0.379 e. The zero-order chi connectivity index (χ0) is 11.1. The molecule has 1 saturated carbocycles. The highest BCUT2D eigenvalue weighted by Crippen LogP contribution is 2.20. The van der Waals surface area contributed by atoms with Gasteiger partial charge < -0.3 is 15.4 Å². The van der Waals surface area contributed by atoms with Crippen LogP contribution in [0.25, 0.3) is 0 Å². The Hall–Kier alpha value is -0.840. The third kappa shape index (κ3) is 4.03. The van der Waals surface area contributed by atoms with Crippen LogP contribution < -0.4 is 10.6 Å². The highest BCUT2D eigenvalue weighted by molar-refractivity contribution is 5.74. The molecular weight excluding hydrogens is 199 g/mol. The number of ether oxygens (including phenoxy) is 1. The summed E-state index contributed by atoms with van der Waals surface area (Å²) in [6, 6.07) is -0.245. The van der Waals surface area contributed by atoms with Crippen molar-refractivity contribution < 1.29 is 13.9 Å². The van der Waals surface area contributed by atoms with Gasteiger partial charge in [0.1, 0.15) is 6.67 Å². The molecule has 15 heavy (non-hydrogen) atoms. The van der Waals surface area contributed by atoms with E-state index in [-0.39, 0.29) is 24.7 Å². The first-order valence-electron chi connectivity index (χ1n) is 5.41. The number of amides is 2. The predicted molar refractivity (Wildman–Crippen MR) is 55.6 cm³/mol. The van der Waals surface area contributed by atoms with Gasteiger partial charge in [0.25, 0.3) is 0 Å². The van der Waals surface area contributed by atoms with Crippen LogP contribution in [0.2, 0.25) is 0 Å². The molecule has 0 aliphatic heterocycles. The summed E-state index contributed by atoms with van der Waals surface area (Å²) in [5.41, 5.74) is 0. The number of rotatable bonds is 4. The summed E-state index contributed by atoms with van der Waals surface area (Å²) in [6.45, 7) is -0.470. The Morgan fingerprint density at radius 2 is 2.20 bits per heavy atom. The highest BCUT2D eigenvalue weighted by atomic mass is 19.1. The number of carbonyl (C=O) groups is 1. The van der Waals surface area contributed by atoms with Crippen LogP contribution in [0.3, 0.4) is 0 Å². The third-order valence-corrected chi connectivity index (χ3v) is 2.70. The SMILES string of the molecule is COC1CCCCC1NC(=O)NCCF. The maximum atomic E-state index is 11.8. The van der Waals surface area contributed by atoms with E-state index in [2.05, 4.69) is 10.6 Å². The molecule has 1 aliphatic rings. The van der Waals surface area contributed by atoms with Crippen LogP contribution in [0.4, 0.5) is 9.18 Å². The minimum absolute atomic E-state index is 0.0587. The molecule has 1 aliphatic carbocycles. The standard InChI is InChI=1S/C10H19FN2O2/c1-15-9-5-3-2-4-8(9)13-10(14)12-7-6-11/h8-9H,2-7H2,1H3,(H2,12,13,14). The second-order valence-electron chi connectivity index (χ2n) is 3.75. The molecule has 2 atom stereocenters. The zero-order valence-electron chi connectivity index (χ0n) is 9.09. The maximum Gasteiger partial charge on any atom is 0.315 e. The Morgan fingerprint density at radius 1 is 1.47 bits per heavy atom. The molecule has 1 rings (SSSR count). The third-order valence-electron chi connectivity index (χ3n) is 2.70. The van der Waals surface area contributed by atoms with E-state index in [1.807, 2.05) is 0 Å². The first-order valence-corrected chi connectivity index (χ1v) is 5.41. The van der Waals surface area contributed by atoms with E-state index in [1.54, 1.807) is 7.11 Å². The molecule has 0 spiro atoms. The lowest BCUT2D eigenvalue weighted by atomic mass is 9.92. The van der Waals surface area contributed by atoms with E-state index in [9.17, 15) is 9.18 Å². The monoisotopic (exact) mass is 218 g/mol. The minimum atomic E-state index is -0.536. The Kier molecular flexibility index (Phi) is 5.39. The normalized spacial score (nSPS) is 26.0. The number of nitrogens with one attached hydrogen (secondary N) is 2. The van der Waals surface area contributed by atoms with E-state index >= 15 is 0 Å². The van der Waals surface area contributed by atoms with Crippen LogP contribution in [-0.4, -0.2) is 38.5 Å². The molecule has 88 valence electrons. The van der Waals surface area contributed by atoms with Gasteiger partial charge >= 0.3 is 6.03 Å². The van der Waals surface area contributed by atoms with Gasteiger partial charge in [0.15, 0.2) is 0 Å². The van der Waals surface area contributed by atoms with E-state index in [1.165, 1.54) is 0 Å². The molecule has 4 nitrogen and oxygen atoms in total. The summed E-state index contributed by atoms with van der Waals surface area (Å²) in [6.07, 6.45) is 4.25. The van der Waals surface area contributed by atoms with Crippen molar-refractivity contribution >= 4 is 6.03 Å². The van der Waals surface area contributed by atoms with Gasteiger partial charge in [-0.2, -0.15) is 0 Å². The van der Waals surface area contributed by atoms with Gasteiger partial charge in [-0.05, 0) is 12.8 Å². The van der Waals surface area contributed by atoms with Crippen molar-refractivity contribution in [3.05, 3.63) is 0 Å². The smallest absolute Gasteiger partial charge is 0.315 e. The van der Waals surface area contributed by atoms with Gasteiger partial charge in [-0.1, -0.05) is 12.8 Å². The first kappa shape index (κ1) is 12.2. The fourth-order valence-electron chi connectivity index (χ4n) is 1.92.